The Kier molecular flexibility index (Phi) is 78.3. The van der Waals surface area contributed by atoms with Gasteiger partial charge in [-0.25, -0.2) is 16.4 Å². The van der Waals surface area contributed by atoms with Gasteiger partial charge in [-0.05, 0) is 0 Å². The van der Waals surface area contributed by atoms with Crippen molar-refractivity contribution < 1.29 is 47.1 Å². The van der Waals surface area contributed by atoms with Crippen LogP contribution in [-0.4, -0.2) is 34.9 Å². The molecule has 80 valence electrons. The van der Waals surface area contributed by atoms with Crippen molar-refractivity contribution in [2.45, 2.75) is 0 Å². The number of hydrogen-bond acceptors (Lipinski definition) is 6. The summed E-state index contributed by atoms with van der Waals surface area (Å²) in [7, 11) is 0. The van der Waals surface area contributed by atoms with Gasteiger partial charge in [-0.15, -0.1) is 0 Å². The van der Waals surface area contributed by atoms with E-state index in [0.29, 0.717) is 0 Å². The summed E-state index contributed by atoms with van der Waals surface area (Å²) in [4.78, 5) is 26.4. The summed E-state index contributed by atoms with van der Waals surface area (Å²) >= 11 is 0. The summed E-state index contributed by atoms with van der Waals surface area (Å²) in [5, 5.41) is 21.8. The molecule has 0 bridgehead atoms. The molecule has 13 heavy (non-hydrogen) atoms. The van der Waals surface area contributed by atoms with Gasteiger partial charge in [0.1, 0.15) is 0 Å². The zero-order valence-corrected chi connectivity index (χ0v) is 7.26. The molecule has 0 atom stereocenters. The molecule has 6 N–H and O–H groups in total. The van der Waals surface area contributed by atoms with E-state index in [1.165, 1.54) is 16.4 Å². The number of carbonyl (C=O) groups excluding carboxylic acids is 3. The first-order valence-electron chi connectivity index (χ1n) is 2.24. The molecular formula is C3H9FeN3O6. The second-order valence-corrected chi connectivity index (χ2v) is 0.741. The number of nitrogens with one attached hydrogen (secondary N) is 3. The maximum absolute atomic E-state index is 8.81. The fraction of sp³-hybridized carbons (Fsp3) is 0. The van der Waals surface area contributed by atoms with E-state index < -0.39 is 0 Å². The van der Waals surface area contributed by atoms with Crippen molar-refractivity contribution in [1.82, 2.24) is 16.4 Å². The van der Waals surface area contributed by atoms with Crippen LogP contribution in [0, 0.1) is 0 Å². The van der Waals surface area contributed by atoms with Crippen molar-refractivity contribution in [3.63, 3.8) is 0 Å². The molecule has 0 radical (unpaired) electrons. The van der Waals surface area contributed by atoms with Crippen molar-refractivity contribution in [3.05, 3.63) is 0 Å². The predicted molar refractivity (Wildman–Crippen MR) is 33.0 cm³/mol. The van der Waals surface area contributed by atoms with E-state index in [-0.39, 0.29) is 36.3 Å². The van der Waals surface area contributed by atoms with Crippen molar-refractivity contribution in [1.29, 1.82) is 0 Å². The Morgan fingerprint density at radius 2 is 0.769 bits per heavy atom. The summed E-state index contributed by atoms with van der Waals surface area (Å²) in [5.74, 6) is 0. The Labute approximate surface area is 83.5 Å². The number of hydroxylamine groups is 3. The van der Waals surface area contributed by atoms with Gasteiger partial charge < -0.3 is 0 Å². The van der Waals surface area contributed by atoms with Crippen LogP contribution in [0.15, 0.2) is 0 Å². The Morgan fingerprint density at radius 3 is 0.769 bits per heavy atom. The largest absolute Gasteiger partial charge is 0.289 e. The minimum Gasteiger partial charge on any atom is -0.289 e. The summed E-state index contributed by atoms with van der Waals surface area (Å²) in [6.45, 7) is 0. The fourth-order valence-electron chi connectivity index (χ4n) is 0. The molecule has 3 amide bonds. The van der Waals surface area contributed by atoms with Crippen LogP contribution < -0.4 is 16.4 Å². The van der Waals surface area contributed by atoms with Crippen LogP contribution in [0.2, 0.25) is 0 Å². The first-order valence-corrected chi connectivity index (χ1v) is 2.24. The van der Waals surface area contributed by atoms with E-state index in [1.54, 1.807) is 0 Å². The molecule has 0 aliphatic carbocycles. The van der Waals surface area contributed by atoms with Crippen LogP contribution in [0.4, 0.5) is 0 Å². The first-order chi connectivity index (χ1) is 5.74. The number of amides is 3. The molecule has 0 saturated carbocycles. The molecule has 0 aliphatic rings. The second kappa shape index (κ2) is 45.0. The quantitative estimate of drug-likeness (QED) is 0.137. The molecule has 0 unspecified atom stereocenters. The normalized spacial score (nSPS) is 4.85. The van der Waals surface area contributed by atoms with E-state index in [9.17, 15) is 0 Å². The van der Waals surface area contributed by atoms with Crippen LogP contribution in [0.5, 0.6) is 0 Å². The van der Waals surface area contributed by atoms with Gasteiger partial charge in [0.15, 0.2) is 0 Å². The Morgan fingerprint density at radius 1 is 0.692 bits per heavy atom. The third-order valence-electron chi connectivity index (χ3n) is 0.158. The fourth-order valence-corrected chi connectivity index (χ4v) is 0. The van der Waals surface area contributed by atoms with E-state index in [0.717, 1.165) is 0 Å². The maximum atomic E-state index is 8.81. The molecule has 0 aromatic rings. The Hall–Kier alpha value is -1.19. The van der Waals surface area contributed by atoms with Gasteiger partial charge in [0.25, 0.3) is 0 Å². The van der Waals surface area contributed by atoms with Crippen LogP contribution in [0.25, 0.3) is 0 Å². The van der Waals surface area contributed by atoms with E-state index in [2.05, 4.69) is 0 Å². The summed E-state index contributed by atoms with van der Waals surface area (Å²) < 4.78 is 0. The summed E-state index contributed by atoms with van der Waals surface area (Å²) in [5.41, 5.74) is 3.75. The van der Waals surface area contributed by atoms with Gasteiger partial charge in [0.05, 0.1) is 0 Å². The molecule has 0 rings (SSSR count). The molecule has 9 nitrogen and oxygen atoms in total. The molecule has 0 aliphatic heterocycles. The SMILES string of the molecule is O=CNO.O=CNO.O=CNO.[Fe]. The van der Waals surface area contributed by atoms with Gasteiger partial charge in [-0.2, -0.15) is 0 Å². The molecule has 0 spiro atoms. The maximum Gasteiger partial charge on any atom is 0.230 e. The van der Waals surface area contributed by atoms with Gasteiger partial charge in [0, 0.05) is 17.1 Å². The molecule has 10 heteroatoms. The molecule has 0 heterocycles. The summed E-state index contributed by atoms with van der Waals surface area (Å²) in [6.07, 6.45) is 0.542. The molecule has 0 aromatic heterocycles. The van der Waals surface area contributed by atoms with Gasteiger partial charge in [-0.3, -0.25) is 30.0 Å². The van der Waals surface area contributed by atoms with E-state index in [4.69, 9.17) is 30.0 Å². The van der Waals surface area contributed by atoms with Crippen LogP contribution in [0.1, 0.15) is 0 Å². The molecule has 0 aromatic carbocycles. The van der Waals surface area contributed by atoms with E-state index >= 15 is 0 Å². The van der Waals surface area contributed by atoms with Crippen LogP contribution in [0.3, 0.4) is 0 Å². The van der Waals surface area contributed by atoms with Crippen molar-refractivity contribution >= 4 is 19.2 Å². The first kappa shape index (κ1) is 22.6. The minimum atomic E-state index is 0. The third-order valence-corrected chi connectivity index (χ3v) is 0.158. The standard InChI is InChI=1S/3CH3NO2.Fe/c3*3-1-2-4;/h3*1,4H,(H,2,3);. The van der Waals surface area contributed by atoms with Gasteiger partial charge >= 0.3 is 0 Å². The average Bonchev–Trinajstić information content (AvgIpc) is 2.18. The van der Waals surface area contributed by atoms with Crippen molar-refractivity contribution in [2.75, 3.05) is 0 Å². The van der Waals surface area contributed by atoms with Crippen LogP contribution in [-0.2, 0) is 31.5 Å². The monoisotopic (exact) mass is 239 g/mol. The van der Waals surface area contributed by atoms with Gasteiger partial charge in [0.2, 0.25) is 19.2 Å². The minimum absolute atomic E-state index is 0. The Balaban J connectivity index is -0.0000000450. The number of hydrogen-bond donors (Lipinski definition) is 6. The zero-order valence-electron chi connectivity index (χ0n) is 6.15. The zero-order chi connectivity index (χ0) is 10.2. The molecule has 0 saturated heterocycles. The Bertz CT molecular complexity index is 84.1. The third kappa shape index (κ3) is 256. The summed E-state index contributed by atoms with van der Waals surface area (Å²) in [6, 6.07) is 0. The van der Waals surface area contributed by atoms with Crippen molar-refractivity contribution in [2.24, 2.45) is 0 Å². The average molecular weight is 239 g/mol. The topological polar surface area (TPSA) is 148 Å². The van der Waals surface area contributed by atoms with Gasteiger partial charge in [-0.1, -0.05) is 0 Å². The van der Waals surface area contributed by atoms with Crippen LogP contribution >= 0.6 is 0 Å². The second-order valence-electron chi connectivity index (χ2n) is 0.741. The number of rotatable bonds is 3. The molecule has 0 fully saturated rings. The number of carbonyl (C=O) groups is 3. The molecular weight excluding hydrogens is 230 g/mol. The van der Waals surface area contributed by atoms with E-state index in [1.807, 2.05) is 0 Å². The predicted octanol–water partition coefficient (Wildman–Crippen LogP) is -2.64. The van der Waals surface area contributed by atoms with Crippen molar-refractivity contribution in [3.8, 4) is 0 Å². The smallest absolute Gasteiger partial charge is 0.230 e.